The van der Waals surface area contributed by atoms with E-state index in [2.05, 4.69) is 21.9 Å². The standard InChI is InChI=1S/C31H26ClF3N6O4/c1-5-18(43)39-10-11-40-16(12-39)30(44)37-26-21-28(24(35)20(22(26)32)19-17(42)7-6-15(33)23(19)34)41(31(45)38-29(21)40)27-14(4)8-9-36-25(27)13(2)3/h5-9,13,16,42H,1,10-12H2,2-4H3,(H,37,44). The number of fused-ring (bicyclic) bond motifs is 2. The van der Waals surface area contributed by atoms with E-state index in [4.69, 9.17) is 11.6 Å². The normalized spacial score (nSPS) is 16.1. The zero-order valence-electron chi connectivity index (χ0n) is 24.3. The quantitative estimate of drug-likeness (QED) is 0.308. The number of hydrogen-bond acceptors (Lipinski definition) is 7. The molecule has 232 valence electrons. The number of aromatic nitrogens is 3. The smallest absolute Gasteiger partial charge is 0.354 e. The zero-order chi connectivity index (χ0) is 32.5. The summed E-state index contributed by atoms with van der Waals surface area (Å²) in [5.74, 6) is -6.55. The number of phenolic OH excluding ortho intramolecular Hbond substituents is 1. The van der Waals surface area contributed by atoms with Gasteiger partial charge in [0.05, 0.1) is 39.6 Å². The van der Waals surface area contributed by atoms with Gasteiger partial charge in [-0.2, -0.15) is 4.98 Å². The molecule has 0 bridgehead atoms. The van der Waals surface area contributed by atoms with Crippen molar-refractivity contribution in [2.75, 3.05) is 29.9 Å². The molecule has 2 aromatic heterocycles. The van der Waals surface area contributed by atoms with Gasteiger partial charge in [-0.1, -0.05) is 32.0 Å². The minimum Gasteiger partial charge on any atom is -0.507 e. The fourth-order valence-electron chi connectivity index (χ4n) is 6.01. The molecule has 4 aromatic rings. The zero-order valence-corrected chi connectivity index (χ0v) is 25.0. The van der Waals surface area contributed by atoms with Gasteiger partial charge < -0.3 is 20.2 Å². The average Bonchev–Trinajstić information content (AvgIpc) is 3.13. The van der Waals surface area contributed by atoms with Crippen molar-refractivity contribution in [1.82, 2.24) is 19.4 Å². The number of nitrogens with zero attached hydrogens (tertiary/aromatic N) is 5. The first-order valence-electron chi connectivity index (χ1n) is 14.0. The number of rotatable bonds is 4. The van der Waals surface area contributed by atoms with Crippen LogP contribution in [0.1, 0.15) is 31.0 Å². The first kappa shape index (κ1) is 30.1. The Morgan fingerprint density at radius 2 is 1.89 bits per heavy atom. The number of benzene rings is 2. The third-order valence-electron chi connectivity index (χ3n) is 8.13. The molecule has 4 heterocycles. The number of piperazine rings is 1. The summed E-state index contributed by atoms with van der Waals surface area (Å²) in [6.45, 7) is 8.88. The Morgan fingerprint density at radius 1 is 1.16 bits per heavy atom. The second kappa shape index (κ2) is 10.9. The van der Waals surface area contributed by atoms with Gasteiger partial charge in [0, 0.05) is 24.8 Å². The highest BCUT2D eigenvalue weighted by Gasteiger charge is 2.41. The van der Waals surface area contributed by atoms with Crippen LogP contribution in [0, 0.1) is 24.4 Å². The highest BCUT2D eigenvalue weighted by Crippen LogP contribution is 2.49. The van der Waals surface area contributed by atoms with E-state index in [1.165, 1.54) is 16.0 Å². The molecule has 2 aliphatic rings. The maximum atomic E-state index is 17.2. The molecule has 10 nitrogen and oxygen atoms in total. The van der Waals surface area contributed by atoms with Crippen LogP contribution >= 0.6 is 11.6 Å². The number of pyridine rings is 1. The van der Waals surface area contributed by atoms with Crippen LogP contribution in [-0.2, 0) is 9.59 Å². The van der Waals surface area contributed by atoms with E-state index in [1.807, 2.05) is 13.8 Å². The maximum absolute atomic E-state index is 17.2. The molecule has 14 heteroatoms. The number of aromatic hydroxyl groups is 1. The van der Waals surface area contributed by atoms with E-state index in [-0.39, 0.29) is 48.1 Å². The average molecular weight is 639 g/mol. The number of phenols is 1. The molecule has 2 N–H and O–H groups in total. The van der Waals surface area contributed by atoms with E-state index >= 15 is 8.78 Å². The molecule has 1 fully saturated rings. The van der Waals surface area contributed by atoms with Crippen molar-refractivity contribution in [3.63, 3.8) is 0 Å². The maximum Gasteiger partial charge on any atom is 0.354 e. The van der Waals surface area contributed by atoms with Gasteiger partial charge >= 0.3 is 5.69 Å². The third-order valence-corrected chi connectivity index (χ3v) is 8.51. The molecule has 0 aliphatic carbocycles. The number of aryl methyl sites for hydroxylation is 1. The van der Waals surface area contributed by atoms with Crippen molar-refractivity contribution in [3.8, 4) is 22.6 Å². The van der Waals surface area contributed by atoms with Crippen molar-refractivity contribution in [2.24, 2.45) is 0 Å². The van der Waals surface area contributed by atoms with Crippen molar-refractivity contribution >= 4 is 45.8 Å². The molecule has 45 heavy (non-hydrogen) atoms. The molecular weight excluding hydrogens is 613 g/mol. The Morgan fingerprint density at radius 3 is 2.58 bits per heavy atom. The first-order chi connectivity index (χ1) is 21.4. The van der Waals surface area contributed by atoms with Crippen molar-refractivity contribution < 1.29 is 27.9 Å². The number of nitrogens with one attached hydrogen (secondary N) is 1. The highest BCUT2D eigenvalue weighted by atomic mass is 35.5. The summed E-state index contributed by atoms with van der Waals surface area (Å²) < 4.78 is 48.0. The Kier molecular flexibility index (Phi) is 7.31. The van der Waals surface area contributed by atoms with Gasteiger partial charge in [-0.15, -0.1) is 0 Å². The van der Waals surface area contributed by atoms with E-state index in [1.54, 1.807) is 13.0 Å². The predicted octanol–water partition coefficient (Wildman–Crippen LogP) is 4.81. The number of anilines is 2. The fourth-order valence-corrected chi connectivity index (χ4v) is 6.33. The van der Waals surface area contributed by atoms with Gasteiger partial charge in [0.1, 0.15) is 23.1 Å². The summed E-state index contributed by atoms with van der Waals surface area (Å²) in [4.78, 5) is 51.9. The van der Waals surface area contributed by atoms with Gasteiger partial charge in [-0.25, -0.2) is 18.0 Å². The monoisotopic (exact) mass is 638 g/mol. The second-order valence-electron chi connectivity index (χ2n) is 11.1. The minimum atomic E-state index is -1.60. The van der Waals surface area contributed by atoms with Gasteiger partial charge in [-0.3, -0.25) is 19.1 Å². The van der Waals surface area contributed by atoms with Crippen LogP contribution in [0.4, 0.5) is 24.7 Å². The molecule has 0 radical (unpaired) electrons. The summed E-state index contributed by atoms with van der Waals surface area (Å²) in [7, 11) is 0. The van der Waals surface area contributed by atoms with E-state index in [9.17, 15) is 23.9 Å². The predicted molar refractivity (Wildman–Crippen MR) is 162 cm³/mol. The van der Waals surface area contributed by atoms with Crippen molar-refractivity contribution in [2.45, 2.75) is 32.7 Å². The van der Waals surface area contributed by atoms with Crippen molar-refractivity contribution in [1.29, 1.82) is 0 Å². The molecule has 2 aliphatic heterocycles. The van der Waals surface area contributed by atoms with Gasteiger partial charge in [0.15, 0.2) is 17.5 Å². The highest BCUT2D eigenvalue weighted by molar-refractivity contribution is 6.39. The van der Waals surface area contributed by atoms with Crippen LogP contribution in [0.15, 0.2) is 41.8 Å². The topological polar surface area (TPSA) is 121 Å². The molecule has 0 saturated carbocycles. The number of halogens is 4. The van der Waals surface area contributed by atoms with Gasteiger partial charge in [0.25, 0.3) is 0 Å². The largest absolute Gasteiger partial charge is 0.507 e. The summed E-state index contributed by atoms with van der Waals surface area (Å²) >= 11 is 6.74. The van der Waals surface area contributed by atoms with Crippen LogP contribution in [0.5, 0.6) is 5.75 Å². The Bertz CT molecular complexity index is 2030. The molecule has 1 unspecified atom stereocenters. The Labute approximate surface area is 259 Å². The van der Waals surface area contributed by atoms with Crippen LogP contribution in [-0.4, -0.2) is 62.0 Å². The summed E-state index contributed by atoms with van der Waals surface area (Å²) in [6, 6.07) is 2.03. The van der Waals surface area contributed by atoms with Crippen LogP contribution in [0.3, 0.4) is 0 Å². The van der Waals surface area contributed by atoms with Crippen LogP contribution in [0.2, 0.25) is 5.02 Å². The molecule has 6 rings (SSSR count). The lowest BCUT2D eigenvalue weighted by atomic mass is 9.98. The molecule has 2 amide bonds. The molecule has 0 spiro atoms. The summed E-state index contributed by atoms with van der Waals surface area (Å²) in [5, 5.41) is 12.7. The molecule has 2 aromatic carbocycles. The minimum absolute atomic E-state index is 0.0339. The molecule has 1 saturated heterocycles. The number of carbonyl (C=O) groups excluding carboxylic acids is 2. The molecular formula is C31H26ClF3N6O4. The lowest BCUT2D eigenvalue weighted by Crippen LogP contribution is -2.58. The van der Waals surface area contributed by atoms with Crippen LogP contribution < -0.4 is 15.9 Å². The summed E-state index contributed by atoms with van der Waals surface area (Å²) in [6.07, 6.45) is 2.65. The SMILES string of the molecule is C=CC(=O)N1CCN2c3nc(=O)n(-c4c(C)ccnc4C(C)C)c4c(F)c(-c5c(O)ccc(F)c5F)c(Cl)c(c34)NC(=O)C2C1. The van der Waals surface area contributed by atoms with Gasteiger partial charge in [-0.05, 0) is 42.7 Å². The van der Waals surface area contributed by atoms with E-state index in [0.717, 1.165) is 16.7 Å². The number of amides is 2. The lowest BCUT2D eigenvalue weighted by molar-refractivity contribution is -0.128. The fraction of sp³-hybridized carbons (Fsp3) is 0.258. The van der Waals surface area contributed by atoms with Crippen LogP contribution in [0.25, 0.3) is 27.7 Å². The Balaban J connectivity index is 1.80. The molecule has 1 atom stereocenters. The van der Waals surface area contributed by atoms with Crippen molar-refractivity contribution in [3.05, 3.63) is 81.3 Å². The number of hydrogen-bond donors (Lipinski definition) is 2. The van der Waals surface area contributed by atoms with E-state index in [0.29, 0.717) is 17.3 Å². The van der Waals surface area contributed by atoms with Gasteiger partial charge in [0.2, 0.25) is 11.8 Å². The third kappa shape index (κ3) is 4.52. The summed E-state index contributed by atoms with van der Waals surface area (Å²) in [5.41, 5.74) is -2.19. The van der Waals surface area contributed by atoms with E-state index < -0.39 is 68.4 Å². The Hall–Kier alpha value is -4.91. The number of carbonyl (C=O) groups is 2. The first-order valence-corrected chi connectivity index (χ1v) is 14.3. The lowest BCUT2D eigenvalue weighted by Gasteiger charge is -2.40. The second-order valence-corrected chi connectivity index (χ2v) is 11.5.